The maximum absolute atomic E-state index is 5.65. The van der Waals surface area contributed by atoms with Crippen LogP contribution in [0.5, 0.6) is 5.88 Å². The van der Waals surface area contributed by atoms with Crippen LogP contribution in [0, 0.1) is 0 Å². The lowest BCUT2D eigenvalue weighted by Crippen LogP contribution is -2.03. The molecule has 1 N–H and O–H groups in total. The third-order valence-electron chi connectivity index (χ3n) is 2.26. The zero-order valence-electron chi connectivity index (χ0n) is 9.93. The van der Waals surface area contributed by atoms with Crippen LogP contribution in [-0.4, -0.2) is 17.0 Å². The Morgan fingerprint density at radius 1 is 1.41 bits per heavy atom. The van der Waals surface area contributed by atoms with Gasteiger partial charge in [0.2, 0.25) is 5.88 Å². The van der Waals surface area contributed by atoms with E-state index in [1.165, 1.54) is 4.88 Å². The highest BCUT2D eigenvalue weighted by Crippen LogP contribution is 2.16. The zero-order chi connectivity index (χ0) is 12.1. The van der Waals surface area contributed by atoms with Crippen LogP contribution in [0.25, 0.3) is 0 Å². The molecule has 2 aromatic rings. The summed E-state index contributed by atoms with van der Waals surface area (Å²) in [6.07, 6.45) is 0.797. The maximum atomic E-state index is 5.65. The van der Waals surface area contributed by atoms with E-state index in [4.69, 9.17) is 4.74 Å². The summed E-state index contributed by atoms with van der Waals surface area (Å²) in [6, 6.07) is 5.87. The number of nitrogens with zero attached hydrogens (tertiary/aromatic N) is 2. The number of anilines is 1. The lowest BCUT2D eigenvalue weighted by atomic mass is 10.4. The molecule has 0 aromatic carbocycles. The molecule has 0 aliphatic carbocycles. The summed E-state index contributed by atoms with van der Waals surface area (Å²) in [6.45, 7) is 2.58. The highest BCUT2D eigenvalue weighted by molar-refractivity contribution is 7.09. The normalized spacial score (nSPS) is 10.2. The first kappa shape index (κ1) is 11.9. The first-order chi connectivity index (χ1) is 8.31. The van der Waals surface area contributed by atoms with Gasteiger partial charge in [-0.25, -0.2) is 4.98 Å². The first-order valence-electron chi connectivity index (χ1n) is 5.52. The Kier molecular flexibility index (Phi) is 3.93. The van der Waals surface area contributed by atoms with Crippen molar-refractivity contribution >= 4 is 17.2 Å². The molecule has 90 valence electrons. The Balaban J connectivity index is 2.09. The van der Waals surface area contributed by atoms with Crippen LogP contribution in [0.15, 0.2) is 23.6 Å². The first-order valence-corrected chi connectivity index (χ1v) is 6.40. The molecule has 0 amide bonds. The van der Waals surface area contributed by atoms with E-state index in [1.54, 1.807) is 11.3 Å². The molecule has 0 spiro atoms. The quantitative estimate of drug-likeness (QED) is 0.885. The highest BCUT2D eigenvalue weighted by Gasteiger charge is 2.04. The van der Waals surface area contributed by atoms with E-state index < -0.39 is 0 Å². The van der Waals surface area contributed by atoms with Crippen molar-refractivity contribution < 1.29 is 4.74 Å². The van der Waals surface area contributed by atoms with Crippen molar-refractivity contribution in [1.82, 2.24) is 9.97 Å². The Morgan fingerprint density at radius 2 is 2.29 bits per heavy atom. The van der Waals surface area contributed by atoms with Gasteiger partial charge in [0.25, 0.3) is 0 Å². The smallest absolute Gasteiger partial charge is 0.219 e. The van der Waals surface area contributed by atoms with Gasteiger partial charge in [-0.1, -0.05) is 13.0 Å². The molecule has 5 heteroatoms. The van der Waals surface area contributed by atoms with Crippen LogP contribution in [0.2, 0.25) is 0 Å². The lowest BCUT2D eigenvalue weighted by molar-refractivity contribution is 0.296. The van der Waals surface area contributed by atoms with Crippen molar-refractivity contribution in [2.45, 2.75) is 20.0 Å². The van der Waals surface area contributed by atoms with E-state index >= 15 is 0 Å². The molecule has 0 aliphatic heterocycles. The second-order valence-electron chi connectivity index (χ2n) is 3.48. The molecule has 2 rings (SSSR count). The van der Waals surface area contributed by atoms with Crippen LogP contribution in [0.1, 0.15) is 17.6 Å². The van der Waals surface area contributed by atoms with E-state index in [9.17, 15) is 0 Å². The van der Waals surface area contributed by atoms with Gasteiger partial charge < -0.3 is 10.1 Å². The summed E-state index contributed by atoms with van der Waals surface area (Å²) in [7, 11) is 1.84. The van der Waals surface area contributed by atoms with Crippen molar-refractivity contribution in [2.24, 2.45) is 0 Å². The molecule has 2 aromatic heterocycles. The van der Waals surface area contributed by atoms with Gasteiger partial charge in [-0.2, -0.15) is 4.98 Å². The lowest BCUT2D eigenvalue weighted by Gasteiger charge is -2.07. The van der Waals surface area contributed by atoms with Crippen LogP contribution in [0.3, 0.4) is 0 Å². The number of aromatic nitrogens is 2. The van der Waals surface area contributed by atoms with Crippen molar-refractivity contribution in [1.29, 1.82) is 0 Å². The van der Waals surface area contributed by atoms with Gasteiger partial charge in [0.15, 0.2) is 0 Å². The van der Waals surface area contributed by atoms with Gasteiger partial charge in [-0.15, -0.1) is 11.3 Å². The molecule has 0 saturated heterocycles. The van der Waals surface area contributed by atoms with Crippen molar-refractivity contribution in [3.63, 3.8) is 0 Å². The number of nitrogens with one attached hydrogen (secondary N) is 1. The molecule has 0 atom stereocenters. The van der Waals surface area contributed by atoms with Gasteiger partial charge in [0.05, 0.1) is 0 Å². The standard InChI is InChI=1S/C12H15N3OS/c1-3-10-14-11(13-2)7-12(15-10)16-8-9-5-4-6-17-9/h4-7H,3,8H2,1-2H3,(H,13,14,15). The number of ether oxygens (including phenoxy) is 1. The Labute approximate surface area is 105 Å². The summed E-state index contributed by atoms with van der Waals surface area (Å²) in [5, 5.41) is 5.04. The molecule has 0 unspecified atom stereocenters. The topological polar surface area (TPSA) is 47.0 Å². The number of hydrogen-bond acceptors (Lipinski definition) is 5. The number of hydrogen-bond donors (Lipinski definition) is 1. The molecule has 17 heavy (non-hydrogen) atoms. The summed E-state index contributed by atoms with van der Waals surface area (Å²) < 4.78 is 5.65. The fourth-order valence-electron chi connectivity index (χ4n) is 1.37. The summed E-state index contributed by atoms with van der Waals surface area (Å²) in [5.74, 6) is 2.20. The molecular formula is C12H15N3OS. The molecule has 0 fully saturated rings. The van der Waals surface area contributed by atoms with Crippen LogP contribution in [0.4, 0.5) is 5.82 Å². The maximum Gasteiger partial charge on any atom is 0.219 e. The largest absolute Gasteiger partial charge is 0.472 e. The van der Waals surface area contributed by atoms with Gasteiger partial charge in [-0.3, -0.25) is 0 Å². The predicted octanol–water partition coefficient (Wildman–Crippen LogP) is 2.72. The van der Waals surface area contributed by atoms with E-state index in [0.29, 0.717) is 12.5 Å². The van der Waals surface area contributed by atoms with Crippen LogP contribution < -0.4 is 10.1 Å². The summed E-state index contributed by atoms with van der Waals surface area (Å²) in [4.78, 5) is 9.83. The second kappa shape index (κ2) is 5.63. The minimum atomic E-state index is 0.557. The second-order valence-corrected chi connectivity index (χ2v) is 4.51. The zero-order valence-corrected chi connectivity index (χ0v) is 10.8. The Morgan fingerprint density at radius 3 is 2.94 bits per heavy atom. The van der Waals surface area contributed by atoms with Gasteiger partial charge >= 0.3 is 0 Å². The molecule has 4 nitrogen and oxygen atoms in total. The monoisotopic (exact) mass is 249 g/mol. The number of aryl methyl sites for hydroxylation is 1. The molecule has 0 bridgehead atoms. The SMILES string of the molecule is CCc1nc(NC)cc(OCc2cccs2)n1. The van der Waals surface area contributed by atoms with Crippen LogP contribution >= 0.6 is 11.3 Å². The van der Waals surface area contributed by atoms with Gasteiger partial charge in [-0.05, 0) is 11.4 Å². The third kappa shape index (κ3) is 3.17. The fraction of sp³-hybridized carbons (Fsp3) is 0.333. The Hall–Kier alpha value is -1.62. The van der Waals surface area contributed by atoms with Crippen molar-refractivity contribution in [3.05, 3.63) is 34.3 Å². The van der Waals surface area contributed by atoms with Crippen molar-refractivity contribution in [2.75, 3.05) is 12.4 Å². The average Bonchev–Trinajstić information content (AvgIpc) is 2.89. The van der Waals surface area contributed by atoms with Crippen molar-refractivity contribution in [3.8, 4) is 5.88 Å². The highest BCUT2D eigenvalue weighted by atomic mass is 32.1. The van der Waals surface area contributed by atoms with E-state index in [2.05, 4.69) is 15.3 Å². The van der Waals surface area contributed by atoms with E-state index in [0.717, 1.165) is 18.1 Å². The molecule has 0 saturated carbocycles. The summed E-state index contributed by atoms with van der Waals surface area (Å²) >= 11 is 1.68. The summed E-state index contributed by atoms with van der Waals surface area (Å²) in [5.41, 5.74) is 0. The third-order valence-corrected chi connectivity index (χ3v) is 3.11. The van der Waals surface area contributed by atoms with Gasteiger partial charge in [0.1, 0.15) is 18.2 Å². The van der Waals surface area contributed by atoms with Crippen LogP contribution in [-0.2, 0) is 13.0 Å². The number of rotatable bonds is 5. The minimum absolute atomic E-state index is 0.557. The van der Waals surface area contributed by atoms with Gasteiger partial charge in [0, 0.05) is 24.4 Å². The fourth-order valence-corrected chi connectivity index (χ4v) is 1.99. The molecule has 0 radical (unpaired) electrons. The minimum Gasteiger partial charge on any atom is -0.472 e. The average molecular weight is 249 g/mol. The van der Waals surface area contributed by atoms with E-state index in [-0.39, 0.29) is 0 Å². The predicted molar refractivity (Wildman–Crippen MR) is 69.6 cm³/mol. The molecule has 2 heterocycles. The Bertz CT molecular complexity index is 448. The molecular weight excluding hydrogens is 234 g/mol. The molecule has 0 aliphatic rings. The van der Waals surface area contributed by atoms with E-state index in [1.807, 2.05) is 37.6 Å². The number of thiophene rings is 1.